The van der Waals surface area contributed by atoms with Gasteiger partial charge in [-0.3, -0.25) is 0 Å². The highest BCUT2D eigenvalue weighted by Gasteiger charge is 2.33. The molecule has 1 atom stereocenters. The van der Waals surface area contributed by atoms with Crippen molar-refractivity contribution in [1.82, 2.24) is 0 Å². The number of benzene rings is 2. The number of ether oxygens (including phenoxy) is 2. The Hall–Kier alpha value is -2.29. The van der Waals surface area contributed by atoms with Gasteiger partial charge in [0.15, 0.2) is 0 Å². The van der Waals surface area contributed by atoms with E-state index in [0.29, 0.717) is 0 Å². The van der Waals surface area contributed by atoms with Crippen molar-refractivity contribution in [3.8, 4) is 11.5 Å². The van der Waals surface area contributed by atoms with Gasteiger partial charge in [-0.15, -0.1) is 0 Å². The summed E-state index contributed by atoms with van der Waals surface area (Å²) in [5.74, 6) is -2.28. The van der Waals surface area contributed by atoms with Gasteiger partial charge in [-0.25, -0.2) is 9.59 Å². The van der Waals surface area contributed by atoms with Gasteiger partial charge in [0.25, 0.3) is 0 Å². The van der Waals surface area contributed by atoms with Crippen molar-refractivity contribution < 1.29 is 37.3 Å². The summed E-state index contributed by atoms with van der Waals surface area (Å²) in [5.41, 5.74) is -1.25. The maximum absolute atomic E-state index is 12.7. The molecule has 0 aliphatic rings. The van der Waals surface area contributed by atoms with Gasteiger partial charge in [0.05, 0.1) is 21.2 Å². The zero-order valence-corrected chi connectivity index (χ0v) is 15.0. The van der Waals surface area contributed by atoms with Gasteiger partial charge in [0.1, 0.15) is 17.6 Å². The van der Waals surface area contributed by atoms with Crippen molar-refractivity contribution in [1.29, 1.82) is 0 Å². The molecule has 0 unspecified atom stereocenters. The lowest BCUT2D eigenvalue weighted by Crippen LogP contribution is -2.23. The fraction of sp³-hybridized carbons (Fsp3) is 0.176. The number of hydrogen-bond donors (Lipinski definition) is 1. The van der Waals surface area contributed by atoms with E-state index in [-0.39, 0.29) is 22.1 Å². The van der Waals surface area contributed by atoms with Gasteiger partial charge in [-0.2, -0.15) is 13.2 Å². The standard InChI is InChI=1S/C17H11Cl2F3O5/c1-8(23)15(24)27-16(25)11-6-9(3-5-13(11)18)26-10-2-4-12(14(19)7-10)17(20,21)22/h2-8,23H,1H3/t8-/m0/s1. The largest absolute Gasteiger partial charge is 0.457 e. The van der Waals surface area contributed by atoms with Crippen LogP contribution in [0, 0.1) is 0 Å². The normalized spacial score (nSPS) is 12.4. The molecule has 2 rings (SSSR count). The SMILES string of the molecule is C[C@H](O)C(=O)OC(=O)c1cc(Oc2ccc(C(F)(F)F)c(Cl)c2)ccc1Cl. The maximum atomic E-state index is 12.7. The number of aliphatic hydroxyl groups excluding tert-OH is 1. The van der Waals surface area contributed by atoms with Crippen molar-refractivity contribution in [2.24, 2.45) is 0 Å². The molecular formula is C17H11Cl2F3O5. The van der Waals surface area contributed by atoms with E-state index in [9.17, 15) is 22.8 Å². The van der Waals surface area contributed by atoms with Crippen LogP contribution in [0.4, 0.5) is 13.2 Å². The molecule has 0 heterocycles. The Morgan fingerprint density at radius 2 is 1.63 bits per heavy atom. The molecule has 1 N–H and O–H groups in total. The molecule has 0 bridgehead atoms. The average Bonchev–Trinajstić information content (AvgIpc) is 2.55. The smallest absolute Gasteiger partial charge is 0.417 e. The Kier molecular flexibility index (Phi) is 6.35. The molecule has 0 aromatic heterocycles. The first-order valence-electron chi connectivity index (χ1n) is 7.27. The molecule has 0 saturated heterocycles. The highest BCUT2D eigenvalue weighted by Crippen LogP contribution is 2.37. The van der Waals surface area contributed by atoms with Crippen molar-refractivity contribution in [2.75, 3.05) is 0 Å². The topological polar surface area (TPSA) is 72.8 Å². The van der Waals surface area contributed by atoms with Gasteiger partial charge < -0.3 is 14.6 Å². The highest BCUT2D eigenvalue weighted by atomic mass is 35.5. The van der Waals surface area contributed by atoms with Crippen LogP contribution in [0.15, 0.2) is 36.4 Å². The predicted molar refractivity (Wildman–Crippen MR) is 90.1 cm³/mol. The Balaban J connectivity index is 2.25. The molecule has 0 saturated carbocycles. The molecule has 0 aliphatic carbocycles. The fourth-order valence-electron chi connectivity index (χ4n) is 1.88. The number of halogens is 5. The van der Waals surface area contributed by atoms with Crippen LogP contribution in [0.2, 0.25) is 10.0 Å². The van der Waals surface area contributed by atoms with Gasteiger partial charge in [0, 0.05) is 6.07 Å². The maximum Gasteiger partial charge on any atom is 0.417 e. The Morgan fingerprint density at radius 3 is 2.19 bits per heavy atom. The fourth-order valence-corrected chi connectivity index (χ4v) is 2.35. The van der Waals surface area contributed by atoms with E-state index in [4.69, 9.17) is 33.0 Å². The van der Waals surface area contributed by atoms with Gasteiger partial charge in [-0.05, 0) is 37.3 Å². The predicted octanol–water partition coefficient (Wildman–Crippen LogP) is 4.87. The van der Waals surface area contributed by atoms with Crippen LogP contribution >= 0.6 is 23.2 Å². The monoisotopic (exact) mass is 422 g/mol. The second-order valence-corrected chi connectivity index (χ2v) is 6.08. The average molecular weight is 423 g/mol. The molecule has 0 radical (unpaired) electrons. The van der Waals surface area contributed by atoms with E-state index in [1.54, 1.807) is 0 Å². The quantitative estimate of drug-likeness (QED) is 0.561. The van der Waals surface area contributed by atoms with E-state index < -0.39 is 34.8 Å². The molecule has 0 fully saturated rings. The van der Waals surface area contributed by atoms with Crippen molar-refractivity contribution in [2.45, 2.75) is 19.2 Å². The molecule has 10 heteroatoms. The number of esters is 2. The summed E-state index contributed by atoms with van der Waals surface area (Å²) < 4.78 is 48.0. The Labute approximate surface area is 161 Å². The molecule has 144 valence electrons. The van der Waals surface area contributed by atoms with Crippen LogP contribution in [-0.4, -0.2) is 23.1 Å². The number of rotatable bonds is 4. The van der Waals surface area contributed by atoms with Crippen molar-refractivity contribution >= 4 is 35.1 Å². The minimum Gasteiger partial charge on any atom is -0.457 e. The summed E-state index contributed by atoms with van der Waals surface area (Å²) in [6, 6.07) is 6.52. The van der Waals surface area contributed by atoms with Gasteiger partial charge in [-0.1, -0.05) is 23.2 Å². The van der Waals surface area contributed by atoms with Crippen molar-refractivity contribution in [3.05, 3.63) is 57.6 Å². The summed E-state index contributed by atoms with van der Waals surface area (Å²) in [7, 11) is 0. The van der Waals surface area contributed by atoms with Crippen LogP contribution in [0.5, 0.6) is 11.5 Å². The lowest BCUT2D eigenvalue weighted by atomic mass is 10.2. The molecule has 5 nitrogen and oxygen atoms in total. The van der Waals surface area contributed by atoms with E-state index in [1.165, 1.54) is 12.1 Å². The van der Waals surface area contributed by atoms with Crippen molar-refractivity contribution in [3.63, 3.8) is 0 Å². The van der Waals surface area contributed by atoms with Crippen LogP contribution < -0.4 is 4.74 Å². The zero-order chi connectivity index (χ0) is 20.4. The molecule has 0 aliphatic heterocycles. The van der Waals surface area contributed by atoms with Gasteiger partial charge >= 0.3 is 18.1 Å². The second-order valence-electron chi connectivity index (χ2n) is 5.27. The van der Waals surface area contributed by atoms with E-state index in [0.717, 1.165) is 31.2 Å². The molecular weight excluding hydrogens is 412 g/mol. The molecule has 0 spiro atoms. The first kappa shape index (κ1) is 21.0. The minimum absolute atomic E-state index is 0.0188. The third-order valence-electron chi connectivity index (χ3n) is 3.17. The zero-order valence-electron chi connectivity index (χ0n) is 13.5. The summed E-state index contributed by atoms with van der Waals surface area (Å²) in [5, 5.41) is 8.45. The lowest BCUT2D eigenvalue weighted by molar-refractivity contribution is -0.146. The third-order valence-corrected chi connectivity index (χ3v) is 3.82. The number of alkyl halides is 3. The van der Waals surface area contributed by atoms with Gasteiger partial charge in [0.2, 0.25) is 0 Å². The van der Waals surface area contributed by atoms with Crippen LogP contribution in [0.25, 0.3) is 0 Å². The number of hydrogen-bond acceptors (Lipinski definition) is 5. The van der Waals surface area contributed by atoms with Crippen LogP contribution in [-0.2, 0) is 15.7 Å². The number of aliphatic hydroxyl groups is 1. The van der Waals surface area contributed by atoms with E-state index >= 15 is 0 Å². The number of carbonyl (C=O) groups excluding carboxylic acids is 2. The Bertz CT molecular complexity index is 881. The first-order chi connectivity index (χ1) is 12.5. The number of carbonyl (C=O) groups is 2. The molecule has 2 aromatic rings. The first-order valence-corrected chi connectivity index (χ1v) is 8.03. The molecule has 2 aromatic carbocycles. The minimum atomic E-state index is -4.61. The second kappa shape index (κ2) is 8.16. The third kappa shape index (κ3) is 5.35. The Morgan fingerprint density at radius 1 is 1.04 bits per heavy atom. The van der Waals surface area contributed by atoms with E-state index in [2.05, 4.69) is 4.74 Å². The van der Waals surface area contributed by atoms with E-state index in [1.807, 2.05) is 0 Å². The lowest BCUT2D eigenvalue weighted by Gasteiger charge is -2.12. The summed E-state index contributed by atoms with van der Waals surface area (Å²) in [6.07, 6.45) is -6.12. The summed E-state index contributed by atoms with van der Waals surface area (Å²) in [4.78, 5) is 23.2. The van der Waals surface area contributed by atoms with Crippen LogP contribution in [0.1, 0.15) is 22.8 Å². The summed E-state index contributed by atoms with van der Waals surface area (Å²) >= 11 is 11.5. The van der Waals surface area contributed by atoms with Crippen LogP contribution in [0.3, 0.4) is 0 Å². The summed E-state index contributed by atoms with van der Waals surface area (Å²) in [6.45, 7) is 1.12. The molecule has 27 heavy (non-hydrogen) atoms. The molecule has 0 amide bonds. The highest BCUT2D eigenvalue weighted by molar-refractivity contribution is 6.33.